The molecule has 1 atom stereocenters. The lowest BCUT2D eigenvalue weighted by molar-refractivity contribution is -0.153. The first kappa shape index (κ1) is 25.3. The van der Waals surface area contributed by atoms with E-state index in [1.807, 2.05) is 9.80 Å². The Hall–Kier alpha value is -3.30. The summed E-state index contributed by atoms with van der Waals surface area (Å²) in [4.78, 5) is 21.2. The standard InChI is InChI=1S/C24H27F4N3O3/c1-17(32)19(18-7-3-4-8-20(18)25)15-23(29-33-2)31-13-11-30(12-14-31)21-9-5-6-10-22(21)34-16-24(26,27)28/h3-10,19H,11-16H2,1-2H3/b29-23-. The summed E-state index contributed by atoms with van der Waals surface area (Å²) in [6, 6.07) is 12.7. The number of rotatable bonds is 8. The molecule has 1 heterocycles. The number of alkyl halides is 3. The lowest BCUT2D eigenvalue weighted by Gasteiger charge is -2.38. The highest BCUT2D eigenvalue weighted by Crippen LogP contribution is 2.31. The first-order valence-corrected chi connectivity index (χ1v) is 10.8. The summed E-state index contributed by atoms with van der Waals surface area (Å²) in [7, 11) is 1.40. The zero-order chi connectivity index (χ0) is 24.7. The van der Waals surface area contributed by atoms with E-state index in [2.05, 4.69) is 5.16 Å². The van der Waals surface area contributed by atoms with Crippen LogP contribution < -0.4 is 9.64 Å². The molecule has 1 unspecified atom stereocenters. The third-order valence-electron chi connectivity index (χ3n) is 5.60. The molecule has 184 valence electrons. The highest BCUT2D eigenvalue weighted by atomic mass is 19.4. The summed E-state index contributed by atoms with van der Waals surface area (Å²) in [6.07, 6.45) is -4.27. The summed E-state index contributed by atoms with van der Waals surface area (Å²) < 4.78 is 57.2. The van der Waals surface area contributed by atoms with Crippen LogP contribution in [0.25, 0.3) is 0 Å². The third kappa shape index (κ3) is 6.61. The van der Waals surface area contributed by atoms with Crippen LogP contribution in [-0.2, 0) is 9.63 Å². The number of hydrogen-bond acceptors (Lipinski definition) is 5. The van der Waals surface area contributed by atoms with E-state index in [0.717, 1.165) is 0 Å². The maximum Gasteiger partial charge on any atom is 0.422 e. The minimum absolute atomic E-state index is 0.162. The Morgan fingerprint density at radius 3 is 2.32 bits per heavy atom. The zero-order valence-electron chi connectivity index (χ0n) is 19.0. The number of halogens is 4. The molecule has 10 heteroatoms. The second-order valence-electron chi connectivity index (χ2n) is 7.92. The monoisotopic (exact) mass is 481 g/mol. The van der Waals surface area contributed by atoms with Gasteiger partial charge >= 0.3 is 6.18 Å². The summed E-state index contributed by atoms with van der Waals surface area (Å²) in [5.41, 5.74) is 0.873. The largest absolute Gasteiger partial charge is 0.482 e. The number of ketones is 1. The predicted octanol–water partition coefficient (Wildman–Crippen LogP) is 4.61. The van der Waals surface area contributed by atoms with Gasteiger partial charge in [-0.2, -0.15) is 13.2 Å². The fourth-order valence-electron chi connectivity index (χ4n) is 3.95. The summed E-state index contributed by atoms with van der Waals surface area (Å²) >= 11 is 0. The molecular formula is C24H27F4N3O3. The Morgan fingerprint density at radius 1 is 1.06 bits per heavy atom. The van der Waals surface area contributed by atoms with Gasteiger partial charge in [0.2, 0.25) is 0 Å². The topological polar surface area (TPSA) is 54.4 Å². The Balaban J connectivity index is 1.71. The van der Waals surface area contributed by atoms with Crippen molar-refractivity contribution in [1.82, 2.24) is 4.90 Å². The maximum atomic E-state index is 14.4. The summed E-state index contributed by atoms with van der Waals surface area (Å²) in [6.45, 7) is 1.99. The number of carbonyl (C=O) groups is 1. The Labute approximate surface area is 195 Å². The fraction of sp³-hybridized carbons (Fsp3) is 0.417. The minimum atomic E-state index is -4.43. The number of amidine groups is 1. The van der Waals surface area contributed by atoms with Crippen LogP contribution in [0.1, 0.15) is 24.8 Å². The molecule has 1 aliphatic heterocycles. The quantitative estimate of drug-likeness (QED) is 0.239. The third-order valence-corrected chi connectivity index (χ3v) is 5.60. The van der Waals surface area contributed by atoms with E-state index in [0.29, 0.717) is 43.3 Å². The van der Waals surface area contributed by atoms with Gasteiger partial charge in [-0.3, -0.25) is 4.79 Å². The SMILES string of the molecule is CO/N=C(/CC(C(C)=O)c1ccccc1F)N1CCN(c2ccccc2OCC(F)(F)F)CC1. The van der Waals surface area contributed by atoms with Crippen molar-refractivity contribution in [1.29, 1.82) is 0 Å². The maximum absolute atomic E-state index is 14.4. The molecule has 1 saturated heterocycles. The van der Waals surface area contributed by atoms with Gasteiger partial charge in [0, 0.05) is 32.6 Å². The minimum Gasteiger partial charge on any atom is -0.482 e. The first-order valence-electron chi connectivity index (χ1n) is 10.8. The number of anilines is 1. The van der Waals surface area contributed by atoms with Crippen LogP contribution in [0, 0.1) is 5.82 Å². The van der Waals surface area contributed by atoms with E-state index in [1.54, 1.807) is 36.4 Å². The van der Waals surface area contributed by atoms with Crippen LogP contribution in [0.2, 0.25) is 0 Å². The van der Waals surface area contributed by atoms with Crippen molar-refractivity contribution < 1.29 is 31.9 Å². The van der Waals surface area contributed by atoms with E-state index in [9.17, 15) is 22.4 Å². The molecule has 2 aromatic carbocycles. The van der Waals surface area contributed by atoms with Crippen molar-refractivity contribution in [3.63, 3.8) is 0 Å². The second-order valence-corrected chi connectivity index (χ2v) is 7.92. The van der Waals surface area contributed by atoms with Crippen molar-refractivity contribution in [3.8, 4) is 5.75 Å². The van der Waals surface area contributed by atoms with Gasteiger partial charge in [-0.1, -0.05) is 35.5 Å². The molecule has 0 saturated carbocycles. The molecule has 0 bridgehead atoms. The van der Waals surface area contributed by atoms with Crippen molar-refractivity contribution in [2.24, 2.45) is 5.16 Å². The molecule has 1 fully saturated rings. The number of oxime groups is 1. The number of hydrogen-bond donors (Lipinski definition) is 0. The molecule has 6 nitrogen and oxygen atoms in total. The Bertz CT molecular complexity index is 1000. The predicted molar refractivity (Wildman–Crippen MR) is 121 cm³/mol. The Morgan fingerprint density at radius 2 is 1.71 bits per heavy atom. The molecule has 2 aromatic rings. The van der Waals surface area contributed by atoms with Crippen molar-refractivity contribution in [2.45, 2.75) is 25.4 Å². The lowest BCUT2D eigenvalue weighted by Crippen LogP contribution is -2.49. The average Bonchev–Trinajstić information content (AvgIpc) is 2.81. The number of nitrogens with zero attached hydrogens (tertiary/aromatic N) is 3. The van der Waals surface area contributed by atoms with E-state index < -0.39 is 24.5 Å². The number of Topliss-reactive ketones (excluding diaryl/α,β-unsaturated/α-hetero) is 1. The van der Waals surface area contributed by atoms with Gasteiger partial charge in [-0.25, -0.2) is 4.39 Å². The van der Waals surface area contributed by atoms with Gasteiger partial charge in [-0.05, 0) is 30.7 Å². The second kappa shape index (κ2) is 11.2. The number of piperazine rings is 1. The van der Waals surface area contributed by atoms with Crippen molar-refractivity contribution in [2.75, 3.05) is 44.8 Å². The molecule has 0 spiro atoms. The van der Waals surface area contributed by atoms with Gasteiger partial charge in [0.05, 0.1) is 11.6 Å². The van der Waals surface area contributed by atoms with Crippen LogP contribution in [0.4, 0.5) is 23.2 Å². The van der Waals surface area contributed by atoms with Crippen LogP contribution in [0.15, 0.2) is 53.7 Å². The first-order chi connectivity index (χ1) is 16.2. The van der Waals surface area contributed by atoms with Gasteiger partial charge in [0.25, 0.3) is 0 Å². The fourth-order valence-corrected chi connectivity index (χ4v) is 3.95. The number of benzene rings is 2. The molecule has 0 aromatic heterocycles. The summed E-state index contributed by atoms with van der Waals surface area (Å²) in [5.74, 6) is -0.699. The molecule has 1 aliphatic rings. The van der Waals surface area contributed by atoms with E-state index >= 15 is 0 Å². The lowest BCUT2D eigenvalue weighted by atomic mass is 9.91. The van der Waals surface area contributed by atoms with Crippen LogP contribution in [0.5, 0.6) is 5.75 Å². The van der Waals surface area contributed by atoms with Gasteiger partial charge in [0.1, 0.15) is 30.3 Å². The van der Waals surface area contributed by atoms with E-state index in [-0.39, 0.29) is 18.0 Å². The number of para-hydroxylation sites is 2. The molecule has 0 aliphatic carbocycles. The Kier molecular flexibility index (Phi) is 8.36. The van der Waals surface area contributed by atoms with E-state index in [4.69, 9.17) is 9.57 Å². The highest BCUT2D eigenvalue weighted by Gasteiger charge is 2.30. The molecular weight excluding hydrogens is 454 g/mol. The molecule has 0 N–H and O–H groups in total. The van der Waals surface area contributed by atoms with Crippen LogP contribution in [0.3, 0.4) is 0 Å². The zero-order valence-corrected chi connectivity index (χ0v) is 19.0. The molecule has 34 heavy (non-hydrogen) atoms. The van der Waals surface area contributed by atoms with Gasteiger partial charge in [0.15, 0.2) is 6.61 Å². The molecule has 0 radical (unpaired) electrons. The summed E-state index contributed by atoms with van der Waals surface area (Å²) in [5, 5.41) is 4.10. The highest BCUT2D eigenvalue weighted by molar-refractivity contribution is 5.91. The molecule has 0 amide bonds. The van der Waals surface area contributed by atoms with Crippen LogP contribution >= 0.6 is 0 Å². The normalized spacial score (nSPS) is 15.8. The van der Waals surface area contributed by atoms with E-state index in [1.165, 1.54) is 26.2 Å². The number of carbonyl (C=O) groups excluding carboxylic acids is 1. The van der Waals surface area contributed by atoms with Crippen molar-refractivity contribution >= 4 is 17.3 Å². The van der Waals surface area contributed by atoms with Gasteiger partial charge < -0.3 is 19.4 Å². The smallest absolute Gasteiger partial charge is 0.422 e. The van der Waals surface area contributed by atoms with Crippen LogP contribution in [-0.4, -0.2) is 62.6 Å². The number of ether oxygens (including phenoxy) is 1. The average molecular weight is 481 g/mol. The van der Waals surface area contributed by atoms with Gasteiger partial charge in [-0.15, -0.1) is 0 Å². The molecule has 3 rings (SSSR count). The van der Waals surface area contributed by atoms with Crippen molar-refractivity contribution in [3.05, 3.63) is 59.9 Å².